The first-order chi connectivity index (χ1) is 18.0. The predicted octanol–water partition coefficient (Wildman–Crippen LogP) is 6.91. The van der Waals surface area contributed by atoms with Crippen LogP contribution < -0.4 is 5.32 Å². The summed E-state index contributed by atoms with van der Waals surface area (Å²) < 4.78 is 13.4. The highest BCUT2D eigenvalue weighted by molar-refractivity contribution is 8.04. The molecule has 1 aliphatic heterocycles. The Kier molecular flexibility index (Phi) is 10.6. The van der Waals surface area contributed by atoms with Gasteiger partial charge in [-0.05, 0) is 78.7 Å². The van der Waals surface area contributed by atoms with Crippen LogP contribution in [-0.2, 0) is 11.3 Å². The second-order valence-electron chi connectivity index (χ2n) is 9.77. The molecule has 2 unspecified atom stereocenters. The monoisotopic (exact) mass is 540 g/mol. The van der Waals surface area contributed by atoms with E-state index in [4.69, 9.17) is 0 Å². The first kappa shape index (κ1) is 27.8. The Bertz CT molecular complexity index is 1070. The largest absolute Gasteiger partial charge is 0.352 e. The van der Waals surface area contributed by atoms with Crippen molar-refractivity contribution in [1.29, 1.82) is 0 Å². The molecule has 2 aromatic carbocycles. The molecule has 198 valence electrons. The minimum atomic E-state index is -0.265. The van der Waals surface area contributed by atoms with Gasteiger partial charge in [-0.15, -0.1) is 11.8 Å². The lowest BCUT2D eigenvalue weighted by Gasteiger charge is -2.44. The lowest BCUT2D eigenvalue weighted by molar-refractivity contribution is -0.130. The molecule has 1 saturated heterocycles. The lowest BCUT2D eigenvalue weighted by Crippen LogP contribution is -2.50. The average Bonchev–Trinajstić information content (AvgIpc) is 2.92. The van der Waals surface area contributed by atoms with Crippen molar-refractivity contribution in [1.82, 2.24) is 10.2 Å². The summed E-state index contributed by atoms with van der Waals surface area (Å²) in [7, 11) is 0. The smallest absolute Gasteiger partial charge is 0.260 e. The number of thioether (sulfide) groups is 2. The summed E-state index contributed by atoms with van der Waals surface area (Å²) in [6, 6.07) is 14.1. The molecule has 2 aliphatic rings. The summed E-state index contributed by atoms with van der Waals surface area (Å²) in [5.74, 6) is 1.97. The number of carbonyl (C=O) groups excluding carboxylic acids is 2. The van der Waals surface area contributed by atoms with Gasteiger partial charge < -0.3 is 10.2 Å². The fourth-order valence-electron chi connectivity index (χ4n) is 4.86. The third-order valence-corrected chi connectivity index (χ3v) is 9.50. The van der Waals surface area contributed by atoms with Crippen molar-refractivity contribution in [2.75, 3.05) is 18.1 Å². The third kappa shape index (κ3) is 7.87. The summed E-state index contributed by atoms with van der Waals surface area (Å²) >= 11 is 3.64. The van der Waals surface area contributed by atoms with Crippen molar-refractivity contribution in [3.8, 4) is 0 Å². The summed E-state index contributed by atoms with van der Waals surface area (Å²) in [5.41, 5.74) is 2.49. The van der Waals surface area contributed by atoms with E-state index in [1.807, 2.05) is 47.0 Å². The minimum Gasteiger partial charge on any atom is -0.352 e. The van der Waals surface area contributed by atoms with Crippen LogP contribution in [-0.4, -0.2) is 46.1 Å². The Balaban J connectivity index is 1.38. The summed E-state index contributed by atoms with van der Waals surface area (Å²) in [6.07, 6.45) is 9.81. The summed E-state index contributed by atoms with van der Waals surface area (Å²) in [6.45, 7) is 3.38. The third-order valence-electron chi connectivity index (χ3n) is 6.95. The molecule has 2 atom stereocenters. The van der Waals surface area contributed by atoms with Gasteiger partial charge in [-0.25, -0.2) is 4.39 Å². The van der Waals surface area contributed by atoms with Gasteiger partial charge in [0.2, 0.25) is 0 Å². The molecule has 7 heteroatoms. The summed E-state index contributed by atoms with van der Waals surface area (Å²) in [5, 5.41) is 3.38. The lowest BCUT2D eigenvalue weighted by atomic mass is 9.92. The van der Waals surface area contributed by atoms with E-state index in [0.29, 0.717) is 23.9 Å². The zero-order valence-electron chi connectivity index (χ0n) is 21.6. The Morgan fingerprint density at radius 1 is 1.08 bits per heavy atom. The quantitative estimate of drug-likeness (QED) is 0.249. The van der Waals surface area contributed by atoms with E-state index in [2.05, 4.69) is 12.2 Å². The summed E-state index contributed by atoms with van der Waals surface area (Å²) in [4.78, 5) is 28.8. The molecular formula is C30H37FN2O2S2. The van der Waals surface area contributed by atoms with Crippen LogP contribution in [0.15, 0.2) is 53.4 Å². The Morgan fingerprint density at radius 2 is 1.81 bits per heavy atom. The van der Waals surface area contributed by atoms with Crippen LogP contribution in [0.4, 0.5) is 4.39 Å². The zero-order valence-corrected chi connectivity index (χ0v) is 23.2. The van der Waals surface area contributed by atoms with E-state index in [9.17, 15) is 14.0 Å². The van der Waals surface area contributed by atoms with Gasteiger partial charge in [0.25, 0.3) is 11.8 Å². The van der Waals surface area contributed by atoms with E-state index in [1.165, 1.54) is 37.1 Å². The van der Waals surface area contributed by atoms with E-state index in [0.717, 1.165) is 47.5 Å². The number of benzene rings is 2. The highest BCUT2D eigenvalue weighted by atomic mass is 32.2. The number of nitrogens with zero attached hydrogens (tertiary/aromatic N) is 1. The van der Waals surface area contributed by atoms with Crippen molar-refractivity contribution in [2.24, 2.45) is 0 Å². The number of halogens is 1. The normalized spacial score (nSPS) is 20.6. The molecule has 1 N–H and O–H groups in total. The molecule has 1 heterocycles. The van der Waals surface area contributed by atoms with E-state index in [-0.39, 0.29) is 23.7 Å². The van der Waals surface area contributed by atoms with Crippen LogP contribution in [0.25, 0.3) is 6.08 Å². The number of carbonyl (C=O) groups is 2. The second-order valence-corrected chi connectivity index (χ2v) is 12.3. The van der Waals surface area contributed by atoms with Crippen molar-refractivity contribution in [3.63, 3.8) is 0 Å². The van der Waals surface area contributed by atoms with E-state index in [1.54, 1.807) is 23.9 Å². The molecule has 1 saturated carbocycles. The topological polar surface area (TPSA) is 49.4 Å². The Labute approximate surface area is 228 Å². The number of nitrogens with one attached hydrogen (secondary N) is 1. The van der Waals surface area contributed by atoms with Gasteiger partial charge in [0.05, 0.1) is 4.91 Å². The molecule has 1 aliphatic carbocycles. The maximum Gasteiger partial charge on any atom is 0.260 e. The molecule has 2 fully saturated rings. The van der Waals surface area contributed by atoms with Gasteiger partial charge in [0.15, 0.2) is 0 Å². The SMILES string of the molecule is CCCCSCCCNC(=O)c1ccc(/C=C2\SC3CCCCC3N(Cc3ccc(F)cc3)C2=O)cc1. The van der Waals surface area contributed by atoms with Gasteiger partial charge in [-0.2, -0.15) is 11.8 Å². The molecule has 0 radical (unpaired) electrons. The molecule has 37 heavy (non-hydrogen) atoms. The van der Waals surface area contributed by atoms with Crippen molar-refractivity contribution < 1.29 is 14.0 Å². The van der Waals surface area contributed by atoms with Crippen molar-refractivity contribution in [2.45, 2.75) is 69.7 Å². The highest BCUT2D eigenvalue weighted by Crippen LogP contribution is 2.42. The van der Waals surface area contributed by atoms with Crippen LogP contribution >= 0.6 is 23.5 Å². The van der Waals surface area contributed by atoms with Gasteiger partial charge in [0, 0.05) is 29.9 Å². The average molecular weight is 541 g/mol. The molecule has 0 bridgehead atoms. The number of hydrogen-bond donors (Lipinski definition) is 1. The number of unbranched alkanes of at least 4 members (excludes halogenated alkanes) is 1. The zero-order chi connectivity index (χ0) is 26.0. The van der Waals surface area contributed by atoms with Crippen molar-refractivity contribution >= 4 is 41.4 Å². The first-order valence-electron chi connectivity index (χ1n) is 13.4. The van der Waals surface area contributed by atoms with Gasteiger partial charge in [0.1, 0.15) is 5.82 Å². The molecule has 0 aromatic heterocycles. The molecule has 2 amide bonds. The van der Waals surface area contributed by atoms with E-state index >= 15 is 0 Å². The van der Waals surface area contributed by atoms with Crippen LogP contribution in [0.1, 0.15) is 73.4 Å². The number of hydrogen-bond acceptors (Lipinski definition) is 4. The number of fused-ring (bicyclic) bond motifs is 1. The fourth-order valence-corrected chi connectivity index (χ4v) is 7.38. The van der Waals surface area contributed by atoms with Gasteiger partial charge in [-0.3, -0.25) is 9.59 Å². The maximum absolute atomic E-state index is 13.6. The minimum absolute atomic E-state index is 0.0381. The van der Waals surface area contributed by atoms with Crippen molar-refractivity contribution in [3.05, 3.63) is 75.9 Å². The van der Waals surface area contributed by atoms with Crippen LogP contribution in [0, 0.1) is 5.82 Å². The van der Waals surface area contributed by atoms with Gasteiger partial charge >= 0.3 is 0 Å². The first-order valence-corrected chi connectivity index (χ1v) is 15.5. The molecular weight excluding hydrogens is 503 g/mol. The van der Waals surface area contributed by atoms with E-state index < -0.39 is 0 Å². The predicted molar refractivity (Wildman–Crippen MR) is 154 cm³/mol. The molecule has 2 aromatic rings. The van der Waals surface area contributed by atoms with Crippen LogP contribution in [0.5, 0.6) is 0 Å². The second kappa shape index (κ2) is 14.1. The van der Waals surface area contributed by atoms with Crippen LogP contribution in [0.2, 0.25) is 0 Å². The molecule has 4 nitrogen and oxygen atoms in total. The maximum atomic E-state index is 13.6. The highest BCUT2D eigenvalue weighted by Gasteiger charge is 2.40. The number of rotatable bonds is 11. The Hall–Kier alpha value is -2.25. The molecule has 4 rings (SSSR count). The van der Waals surface area contributed by atoms with Crippen LogP contribution in [0.3, 0.4) is 0 Å². The van der Waals surface area contributed by atoms with Gasteiger partial charge in [-0.1, -0.05) is 50.5 Å². The fraction of sp³-hybridized carbons (Fsp3) is 0.467. The standard InChI is InChI=1S/C30H37FN2O2S2/c1-2-3-18-36-19-6-17-32-29(34)24-13-9-22(10-14-24)20-28-30(35)33(21-23-11-15-25(31)16-12-23)26-7-4-5-8-27(26)37-28/h9-16,20,26-27H,2-8,17-19,21H2,1H3,(H,32,34)/b28-20-. The Morgan fingerprint density at radius 3 is 2.57 bits per heavy atom. The number of amides is 2. The molecule has 0 spiro atoms.